The molecular weight excluding hydrogens is 1220 g/mol. The van der Waals surface area contributed by atoms with E-state index >= 15 is 0 Å². The molecule has 1 unspecified atom stereocenters. The SMILES string of the molecule is [2H]c1c(-c2c3c([2H])c([2H])c([2H])c([2H])c3c(-c3c([2H])c4c([2H])c([2H])c5c([2H])c([2H])c([2H])c([2H])c5c4c4c([2H])c([2H])c([2H])c([2H])c34)c3c([2H])c([2H])c([2H])c([2H])c23)c([2H])c2c(oc3c4c([2H])c([2H])c([2H])c([2H])c4c([2H])c([2H])c32)c1[2H].[2H]c1c([2H])c([2H])c(-c2c([2H])c([2H])c3c(c2[2H])C(C)(C([2H])([2H])[2H])c2c([2H])c(-c4c5c([2H])c([2H])c([2H])c([2H])c5c(-c5c([2H])c([2H])c6oc7c8c([2H])c([2H])c([2H])c([2H])c8c([2H])c([2H])c7c6c5[2H])c5c([2H])c([2H])c([2H])c([2H])c45)c([2H])c([2H])c2-3)c([2H])c1[2H]. The first-order chi connectivity index (χ1) is 74.5. The van der Waals surface area contributed by atoms with Crippen molar-refractivity contribution in [1.82, 2.24) is 0 Å². The maximum absolute atomic E-state index is 10.2. The molecule has 2 nitrogen and oxygen atoms in total. The summed E-state index contributed by atoms with van der Waals surface area (Å²) in [5.74, 6) is 0. The molecule has 0 fully saturated rings. The van der Waals surface area contributed by atoms with E-state index in [1.807, 2.05) is 0 Å². The van der Waals surface area contributed by atoms with E-state index < -0.39 is 569 Å². The monoisotopic (exact) mass is 1340 g/mol. The number of hydrogen-bond acceptors (Lipinski definition) is 2. The summed E-state index contributed by atoms with van der Waals surface area (Å²) in [6.45, 7) is -2.51. The molecule has 0 radical (unpaired) electrons. The maximum Gasteiger partial charge on any atom is 0.143 e. The van der Waals surface area contributed by atoms with Gasteiger partial charge in [-0.25, -0.2) is 0 Å². The van der Waals surface area contributed by atoms with Crippen LogP contribution in [-0.2, 0) is 5.41 Å². The van der Waals surface area contributed by atoms with Gasteiger partial charge in [0, 0.05) is 41.8 Å². The molecule has 2 heterocycles. The van der Waals surface area contributed by atoms with Crippen LogP contribution >= 0.6 is 0 Å². The van der Waals surface area contributed by atoms with Gasteiger partial charge in [-0.3, -0.25) is 0 Å². The summed E-state index contributed by atoms with van der Waals surface area (Å²) in [5, 5.41) is -13.7. The van der Waals surface area contributed by atoms with E-state index in [1.165, 1.54) is 0 Å². The summed E-state index contributed by atoms with van der Waals surface area (Å²) >= 11 is 0. The minimum Gasteiger partial charge on any atom is -0.455 e. The van der Waals surface area contributed by atoms with Crippen LogP contribution in [0.4, 0.5) is 0 Å². The summed E-state index contributed by atoms with van der Waals surface area (Å²) in [4.78, 5) is 0. The van der Waals surface area contributed by atoms with Crippen LogP contribution in [0.1, 0.15) is 106 Å². The third-order valence-electron chi connectivity index (χ3n) is 17.7. The zero-order chi connectivity index (χ0) is 118. The number of hydrogen-bond donors (Lipinski definition) is 0. The molecule has 0 spiro atoms. The Morgan fingerprint density at radius 3 is 1.08 bits per heavy atom. The third-order valence-corrected chi connectivity index (χ3v) is 17.7. The van der Waals surface area contributed by atoms with Crippen LogP contribution in [0, 0.1) is 0 Å². The van der Waals surface area contributed by atoms with Gasteiger partial charge in [0.15, 0.2) is 0 Å². The Hall–Kier alpha value is -12.9. The topological polar surface area (TPSA) is 26.3 Å². The molecule has 1 aliphatic rings. The second kappa shape index (κ2) is 22.1. The number of rotatable bonds is 5. The van der Waals surface area contributed by atoms with Gasteiger partial charge in [0.2, 0.25) is 0 Å². The molecule has 0 N–H and O–H groups in total. The van der Waals surface area contributed by atoms with Crippen molar-refractivity contribution in [2.24, 2.45) is 0 Å². The fourth-order valence-corrected chi connectivity index (χ4v) is 13.3. The van der Waals surface area contributed by atoms with Crippen LogP contribution in [0.25, 0.3) is 208 Å². The molecule has 101 heavy (non-hydrogen) atoms. The van der Waals surface area contributed by atoms with Crippen molar-refractivity contribution in [2.45, 2.75) is 19.2 Å². The Labute approximate surface area is 665 Å². The first-order valence-corrected chi connectivity index (χ1v) is 30.3. The Bertz CT molecular complexity index is 10600. The highest BCUT2D eigenvalue weighted by Crippen LogP contribution is 2.54. The van der Waals surface area contributed by atoms with Crippen LogP contribution in [0.2, 0.25) is 0 Å². The molecule has 0 saturated carbocycles. The van der Waals surface area contributed by atoms with Crippen LogP contribution in [0.15, 0.2) is 347 Å². The van der Waals surface area contributed by atoms with Gasteiger partial charge in [-0.15, -0.1) is 0 Å². The minimum absolute atomic E-state index is 0.424. The van der Waals surface area contributed by atoms with Crippen molar-refractivity contribution < 1.29 is 89.7 Å². The average molecular weight is 1340 g/mol. The number of benzene rings is 19. The first kappa shape index (κ1) is 23.9. The second-order valence-electron chi connectivity index (χ2n) is 23.1. The predicted molar refractivity (Wildman–Crippen MR) is 430 cm³/mol. The lowest BCUT2D eigenvalue weighted by Crippen LogP contribution is -2.15. The lowest BCUT2D eigenvalue weighted by atomic mass is 9.80. The highest BCUT2D eigenvalue weighted by molar-refractivity contribution is 6.30. The molecular formula is C99H62O2. The van der Waals surface area contributed by atoms with Crippen LogP contribution < -0.4 is 0 Å². The van der Waals surface area contributed by atoms with E-state index in [-0.39, 0.29) is 0 Å². The minimum atomic E-state index is -3.48. The molecule has 22 rings (SSSR count). The van der Waals surface area contributed by atoms with Gasteiger partial charge >= 0.3 is 0 Å². The highest BCUT2D eigenvalue weighted by atomic mass is 16.3. The van der Waals surface area contributed by atoms with Crippen molar-refractivity contribution in [3.8, 4) is 66.8 Å². The highest BCUT2D eigenvalue weighted by Gasteiger charge is 2.36. The Kier molecular flexibility index (Phi) is 5.23. The fraction of sp³-hybridized carbons (Fsp3) is 0.0303. The Balaban J connectivity index is 0.000000185. The first-order valence-electron chi connectivity index (χ1n) is 59.8. The molecule has 1 atom stereocenters. The average Bonchev–Trinajstić information content (AvgIpc) is 1.13. The molecule has 2 aromatic heterocycles. The van der Waals surface area contributed by atoms with Crippen molar-refractivity contribution >= 4 is 141 Å². The molecule has 0 bridgehead atoms. The summed E-state index contributed by atoms with van der Waals surface area (Å²) in [5.41, 5.74) is -15.7. The van der Waals surface area contributed by atoms with Gasteiger partial charge in [0.05, 0.1) is 76.8 Å². The lowest BCUT2D eigenvalue weighted by Gasteiger charge is -2.23. The zero-order valence-electron chi connectivity index (χ0n) is 110. The van der Waals surface area contributed by atoms with Crippen molar-refractivity contribution in [3.05, 3.63) is 350 Å². The molecule has 0 saturated heterocycles. The molecule has 1 aliphatic carbocycles. The summed E-state index contributed by atoms with van der Waals surface area (Å²) in [6.07, 6.45) is 0. The predicted octanol–water partition coefficient (Wildman–Crippen LogP) is 28.2. The van der Waals surface area contributed by atoms with Gasteiger partial charge in [-0.1, -0.05) is 298 Å². The lowest BCUT2D eigenvalue weighted by molar-refractivity contribution is 0.661. The largest absolute Gasteiger partial charge is 0.455 e. The zero-order valence-corrected chi connectivity index (χ0v) is 50.8. The van der Waals surface area contributed by atoms with Crippen LogP contribution in [0.5, 0.6) is 0 Å². The van der Waals surface area contributed by atoms with Crippen molar-refractivity contribution in [1.29, 1.82) is 0 Å². The smallest absolute Gasteiger partial charge is 0.143 e. The van der Waals surface area contributed by atoms with Crippen LogP contribution in [-0.4, -0.2) is 0 Å². The second-order valence-corrected chi connectivity index (χ2v) is 23.1. The molecule has 2 heteroatoms. The maximum atomic E-state index is 10.2. The standard InChI is InChI=1S/C51H34O.C48H28O/c1-51(2)45-29-33(31-12-4-3-5-13-31)21-24-37(45)38-25-22-35(30-46(38)51)49-41-18-10-8-16-39(41)48(40-17-9-11-19-42(40)49)34-23-27-47-44(28-34)43-26-20-32-14-6-7-15-36(32)50(43)52-47;1-3-13-33-29(11-1)21-22-31-28-43(35-15-5-6-16-36(35)45(31)33)47-39-19-9-7-17-37(39)46(38-18-8-10-20-40(38)47)32-24-26-44-42(27-32)41-25-23-30-12-2-4-14-34(30)48(41)49-44/h3-30H,1-2H3;1-28H/i1D3,3D,4D,5D,6D,7D,8D,9D,10D,11D,12D,13D,14D,15D,16D,17D,18D,19D,20D,21D,22D,23D,24D,25D,26D,27D,28D,29D,30D;1D,2D,3D,4D,5D,6D,7D,8D,9D,10D,11D,12D,13D,14D,15D,16D,17D,18D,19D,20D,21D,22D,23D,24D,25D,26D,27D,28D. The Morgan fingerprint density at radius 2 is 0.594 bits per heavy atom. The number of fused-ring (bicyclic) bond motifs is 22. The van der Waals surface area contributed by atoms with E-state index in [9.17, 15) is 32.9 Å². The molecule has 0 amide bonds. The molecule has 19 aromatic carbocycles. The summed E-state index contributed by atoms with van der Waals surface area (Å²) in [7, 11) is 0. The van der Waals surface area contributed by atoms with Gasteiger partial charge in [0.25, 0.3) is 0 Å². The van der Waals surface area contributed by atoms with Gasteiger partial charge in [-0.2, -0.15) is 0 Å². The van der Waals surface area contributed by atoms with E-state index in [0.29, 0.717) is 0 Å². The van der Waals surface area contributed by atoms with Crippen molar-refractivity contribution in [2.75, 3.05) is 0 Å². The van der Waals surface area contributed by atoms with Gasteiger partial charge < -0.3 is 8.83 Å². The summed E-state index contributed by atoms with van der Waals surface area (Å²) in [6, 6.07) is -51.7. The van der Waals surface area contributed by atoms with Crippen LogP contribution in [0.3, 0.4) is 0 Å². The quantitative estimate of drug-likeness (QED) is 0.127. The molecule has 470 valence electrons. The van der Waals surface area contributed by atoms with E-state index in [4.69, 9.17) is 56.8 Å². The molecule has 0 aliphatic heterocycles. The van der Waals surface area contributed by atoms with Crippen molar-refractivity contribution in [3.63, 3.8) is 0 Å². The van der Waals surface area contributed by atoms with E-state index in [0.717, 1.165) is 6.92 Å². The fourth-order valence-electron chi connectivity index (χ4n) is 13.3. The normalized spacial score (nSPS) is 22.0. The van der Waals surface area contributed by atoms with E-state index in [2.05, 4.69) is 0 Å². The Morgan fingerprint density at radius 1 is 0.238 bits per heavy atom. The van der Waals surface area contributed by atoms with E-state index in [1.54, 1.807) is 0 Å². The third kappa shape index (κ3) is 8.65. The van der Waals surface area contributed by atoms with Gasteiger partial charge in [0.1, 0.15) is 22.3 Å². The molecule has 21 aromatic rings. The van der Waals surface area contributed by atoms with Gasteiger partial charge in [-0.05, 0) is 218 Å². The number of furan rings is 2. The summed E-state index contributed by atoms with van der Waals surface area (Å²) < 4.78 is 550.